The average Bonchev–Trinajstić information content (AvgIpc) is 2.29. The zero-order chi connectivity index (χ0) is 13.5. The molecule has 18 heavy (non-hydrogen) atoms. The van der Waals surface area contributed by atoms with Gasteiger partial charge < -0.3 is 25.4 Å². The quantitative estimate of drug-likeness (QED) is 0.583. The van der Waals surface area contributed by atoms with Crippen molar-refractivity contribution in [3.05, 3.63) is 23.8 Å². The molecule has 0 radical (unpaired) electrons. The largest absolute Gasteiger partial charge is 0.508 e. The Morgan fingerprint density at radius 1 is 1.44 bits per heavy atom. The molecule has 0 saturated heterocycles. The predicted molar refractivity (Wildman–Crippen MR) is 64.6 cm³/mol. The van der Waals surface area contributed by atoms with Gasteiger partial charge in [0.25, 0.3) is 5.91 Å². The van der Waals surface area contributed by atoms with Crippen LogP contribution in [0.3, 0.4) is 0 Å². The molecule has 0 aliphatic carbocycles. The second kappa shape index (κ2) is 6.83. The van der Waals surface area contributed by atoms with Crippen LogP contribution in [0, 0.1) is 0 Å². The molecule has 1 aromatic rings. The SMILES string of the molecule is COCC(CCO)NC(=O)c1ccc(O)cc1O. The summed E-state index contributed by atoms with van der Waals surface area (Å²) < 4.78 is 4.91. The van der Waals surface area contributed by atoms with E-state index in [0.29, 0.717) is 6.42 Å². The van der Waals surface area contributed by atoms with E-state index in [2.05, 4.69) is 5.32 Å². The minimum absolute atomic E-state index is 0.0619. The molecule has 6 nitrogen and oxygen atoms in total. The van der Waals surface area contributed by atoms with Gasteiger partial charge in [0.1, 0.15) is 11.5 Å². The number of phenolic OH excluding ortho intramolecular Hbond substituents is 2. The van der Waals surface area contributed by atoms with E-state index in [1.165, 1.54) is 19.2 Å². The summed E-state index contributed by atoms with van der Waals surface area (Å²) >= 11 is 0. The smallest absolute Gasteiger partial charge is 0.255 e. The van der Waals surface area contributed by atoms with E-state index in [4.69, 9.17) is 14.9 Å². The molecule has 1 aromatic carbocycles. The van der Waals surface area contributed by atoms with Crippen LogP contribution in [-0.4, -0.2) is 47.6 Å². The van der Waals surface area contributed by atoms with E-state index in [1.54, 1.807) is 0 Å². The van der Waals surface area contributed by atoms with E-state index in [9.17, 15) is 9.90 Å². The summed E-state index contributed by atoms with van der Waals surface area (Å²) in [5, 5.41) is 30.1. The molecule has 6 heteroatoms. The minimum atomic E-state index is -0.483. The van der Waals surface area contributed by atoms with Crippen LogP contribution in [0.15, 0.2) is 18.2 Å². The fourth-order valence-electron chi connectivity index (χ4n) is 1.53. The fraction of sp³-hybridized carbons (Fsp3) is 0.417. The highest BCUT2D eigenvalue weighted by Crippen LogP contribution is 2.22. The number of amides is 1. The number of rotatable bonds is 6. The lowest BCUT2D eigenvalue weighted by Crippen LogP contribution is -2.38. The van der Waals surface area contributed by atoms with Gasteiger partial charge in [-0.25, -0.2) is 0 Å². The summed E-state index contributed by atoms with van der Waals surface area (Å²) in [6.07, 6.45) is 0.360. The number of ether oxygens (including phenoxy) is 1. The lowest BCUT2D eigenvalue weighted by atomic mass is 10.1. The summed E-state index contributed by atoms with van der Waals surface area (Å²) in [5.41, 5.74) is 0.0619. The lowest BCUT2D eigenvalue weighted by molar-refractivity contribution is 0.0876. The Morgan fingerprint density at radius 2 is 2.17 bits per heavy atom. The number of phenols is 2. The summed E-state index contributed by atoms with van der Waals surface area (Å²) in [6, 6.07) is 3.39. The Labute approximate surface area is 105 Å². The van der Waals surface area contributed by atoms with Gasteiger partial charge in [0.15, 0.2) is 0 Å². The number of aromatic hydroxyl groups is 2. The topological polar surface area (TPSA) is 99.0 Å². The van der Waals surface area contributed by atoms with Crippen molar-refractivity contribution in [2.75, 3.05) is 20.3 Å². The second-order valence-electron chi connectivity index (χ2n) is 3.84. The highest BCUT2D eigenvalue weighted by Gasteiger charge is 2.16. The molecule has 0 heterocycles. The van der Waals surface area contributed by atoms with Gasteiger partial charge in [-0.3, -0.25) is 4.79 Å². The Hall–Kier alpha value is -1.79. The molecular formula is C12H17NO5. The standard InChI is InChI=1S/C12H17NO5/c1-18-7-8(4-5-14)13-12(17)10-3-2-9(15)6-11(10)16/h2-3,6,8,14-16H,4-5,7H2,1H3,(H,13,17). The molecule has 1 unspecified atom stereocenters. The van der Waals surface area contributed by atoms with Gasteiger partial charge in [-0.2, -0.15) is 0 Å². The highest BCUT2D eigenvalue weighted by atomic mass is 16.5. The van der Waals surface area contributed by atoms with E-state index >= 15 is 0 Å². The van der Waals surface area contributed by atoms with E-state index < -0.39 is 5.91 Å². The maximum atomic E-state index is 11.8. The first-order valence-corrected chi connectivity index (χ1v) is 5.51. The third-order valence-electron chi connectivity index (χ3n) is 2.41. The molecule has 0 aliphatic heterocycles. The van der Waals surface area contributed by atoms with Crippen LogP contribution < -0.4 is 5.32 Å². The number of hydrogen-bond acceptors (Lipinski definition) is 5. The summed E-state index contributed by atoms with van der Waals surface area (Å²) in [5.74, 6) is -0.900. The zero-order valence-electron chi connectivity index (χ0n) is 10.1. The number of carbonyl (C=O) groups excluding carboxylic acids is 1. The van der Waals surface area contributed by atoms with Gasteiger partial charge in [0, 0.05) is 19.8 Å². The van der Waals surface area contributed by atoms with Gasteiger partial charge in [-0.1, -0.05) is 0 Å². The van der Waals surface area contributed by atoms with Crippen molar-refractivity contribution in [3.63, 3.8) is 0 Å². The van der Waals surface area contributed by atoms with Crippen LogP contribution in [0.1, 0.15) is 16.8 Å². The van der Waals surface area contributed by atoms with Gasteiger partial charge >= 0.3 is 0 Å². The number of hydrogen-bond donors (Lipinski definition) is 4. The number of benzene rings is 1. The number of nitrogens with one attached hydrogen (secondary N) is 1. The first-order valence-electron chi connectivity index (χ1n) is 5.51. The highest BCUT2D eigenvalue weighted by molar-refractivity contribution is 5.97. The lowest BCUT2D eigenvalue weighted by Gasteiger charge is -2.17. The number of carbonyl (C=O) groups is 1. The molecule has 0 bridgehead atoms. The van der Waals surface area contributed by atoms with Crippen LogP contribution in [0.5, 0.6) is 11.5 Å². The average molecular weight is 255 g/mol. The normalized spacial score (nSPS) is 12.1. The van der Waals surface area contributed by atoms with Crippen molar-refractivity contribution in [2.45, 2.75) is 12.5 Å². The first-order chi connectivity index (χ1) is 8.58. The molecule has 1 amide bonds. The van der Waals surface area contributed by atoms with Crippen molar-refractivity contribution < 1.29 is 24.9 Å². The Balaban J connectivity index is 2.73. The molecule has 0 fully saturated rings. The molecule has 100 valence electrons. The predicted octanol–water partition coefficient (Wildman–Crippen LogP) is 0.225. The van der Waals surface area contributed by atoms with Crippen LogP contribution in [-0.2, 0) is 4.74 Å². The number of aliphatic hydroxyl groups is 1. The molecule has 0 saturated carbocycles. The maximum absolute atomic E-state index is 11.8. The molecular weight excluding hydrogens is 238 g/mol. The molecule has 0 aromatic heterocycles. The van der Waals surface area contributed by atoms with Crippen LogP contribution in [0.4, 0.5) is 0 Å². The van der Waals surface area contributed by atoms with Crippen LogP contribution in [0.25, 0.3) is 0 Å². The Kier molecular flexibility index (Phi) is 5.41. The molecule has 0 spiro atoms. The van der Waals surface area contributed by atoms with E-state index in [0.717, 1.165) is 6.07 Å². The van der Waals surface area contributed by atoms with Gasteiger partial charge in [-0.15, -0.1) is 0 Å². The Bertz CT molecular complexity index is 401. The van der Waals surface area contributed by atoms with Crippen molar-refractivity contribution in [2.24, 2.45) is 0 Å². The maximum Gasteiger partial charge on any atom is 0.255 e. The van der Waals surface area contributed by atoms with E-state index in [-0.39, 0.29) is 36.3 Å². The molecule has 0 aliphatic rings. The molecule has 4 N–H and O–H groups in total. The van der Waals surface area contributed by atoms with Gasteiger partial charge in [0.2, 0.25) is 0 Å². The van der Waals surface area contributed by atoms with E-state index in [1.807, 2.05) is 0 Å². The summed E-state index contributed by atoms with van der Waals surface area (Å²) in [6.45, 7) is 0.195. The third-order valence-corrected chi connectivity index (χ3v) is 2.41. The Morgan fingerprint density at radius 3 is 2.72 bits per heavy atom. The van der Waals surface area contributed by atoms with Gasteiger partial charge in [0.05, 0.1) is 18.2 Å². The summed E-state index contributed by atoms with van der Waals surface area (Å²) in [7, 11) is 1.49. The fourth-order valence-corrected chi connectivity index (χ4v) is 1.53. The van der Waals surface area contributed by atoms with Crippen molar-refractivity contribution in [3.8, 4) is 11.5 Å². The summed E-state index contributed by atoms with van der Waals surface area (Å²) in [4.78, 5) is 11.8. The van der Waals surface area contributed by atoms with Crippen LogP contribution >= 0.6 is 0 Å². The third kappa shape index (κ3) is 3.90. The monoisotopic (exact) mass is 255 g/mol. The minimum Gasteiger partial charge on any atom is -0.508 e. The van der Waals surface area contributed by atoms with Crippen molar-refractivity contribution >= 4 is 5.91 Å². The second-order valence-corrected chi connectivity index (χ2v) is 3.84. The molecule has 1 rings (SSSR count). The first kappa shape index (κ1) is 14.3. The van der Waals surface area contributed by atoms with Crippen molar-refractivity contribution in [1.29, 1.82) is 0 Å². The number of methoxy groups -OCH3 is 1. The van der Waals surface area contributed by atoms with Crippen LogP contribution in [0.2, 0.25) is 0 Å². The zero-order valence-corrected chi connectivity index (χ0v) is 10.1. The number of aliphatic hydroxyl groups excluding tert-OH is 1. The van der Waals surface area contributed by atoms with Crippen molar-refractivity contribution in [1.82, 2.24) is 5.32 Å². The molecule has 1 atom stereocenters. The van der Waals surface area contributed by atoms with Gasteiger partial charge in [-0.05, 0) is 18.6 Å².